The van der Waals surface area contributed by atoms with Crippen molar-refractivity contribution in [3.63, 3.8) is 0 Å². The molecule has 0 fully saturated rings. The Kier molecular flexibility index (Phi) is 13.7. The van der Waals surface area contributed by atoms with Gasteiger partial charge in [0.05, 0.1) is 18.1 Å². The molecule has 0 bridgehead atoms. The number of carbonyl (C=O) groups excluding carboxylic acids is 2. The van der Waals surface area contributed by atoms with Gasteiger partial charge in [-0.3, -0.25) is 4.79 Å². The lowest BCUT2D eigenvalue weighted by molar-refractivity contribution is -0.136. The molecule has 0 aliphatic carbocycles. The smallest absolute Gasteiger partial charge is 0.420 e. The first kappa shape index (κ1) is 35.3. The first-order chi connectivity index (χ1) is 18.8. The van der Waals surface area contributed by atoms with Gasteiger partial charge in [0.25, 0.3) is 0 Å². The van der Waals surface area contributed by atoms with E-state index in [4.69, 9.17) is 4.42 Å². The van der Waals surface area contributed by atoms with Crippen LogP contribution in [-0.2, 0) is 17.4 Å². The molecule has 1 unspecified atom stereocenters. The van der Waals surface area contributed by atoms with E-state index in [0.717, 1.165) is 30.9 Å². The average molecular weight is 577 g/mol. The quantitative estimate of drug-likeness (QED) is 0.162. The van der Waals surface area contributed by atoms with Crippen LogP contribution < -0.4 is 0 Å². The highest BCUT2D eigenvalue weighted by Crippen LogP contribution is 2.37. The second-order valence-electron chi connectivity index (χ2n) is 9.51. The standard InChI is InChI=1S/C16H13F3N2O2.C12H17F.C3H6O.CH4/c1-3-14-11(10-4-5-23-8-10)6-12(16(17,18)19)15-20-13(9(2)22)7-21(14)15;1-3-6-10(4-2)11-7-5-8-12(13)9-11;1-3(2)4;/h4-8H,3H2,1-2H3;5,7-10H,3-4,6H2,1-2H3;1-2H3;1H4. The molecule has 224 valence electrons. The summed E-state index contributed by atoms with van der Waals surface area (Å²) >= 11 is 0. The molecule has 3 heterocycles. The normalized spacial score (nSPS) is 11.5. The van der Waals surface area contributed by atoms with E-state index in [1.54, 1.807) is 18.2 Å². The number of alkyl halides is 3. The number of halogens is 4. The highest BCUT2D eigenvalue weighted by atomic mass is 19.4. The van der Waals surface area contributed by atoms with Crippen LogP contribution in [0.3, 0.4) is 0 Å². The lowest BCUT2D eigenvalue weighted by Crippen LogP contribution is -2.11. The molecule has 3 aromatic heterocycles. The van der Waals surface area contributed by atoms with Crippen molar-refractivity contribution in [2.75, 3.05) is 0 Å². The van der Waals surface area contributed by atoms with Gasteiger partial charge in [0.1, 0.15) is 22.9 Å². The van der Waals surface area contributed by atoms with Crippen LogP contribution in [0.15, 0.2) is 59.5 Å². The summed E-state index contributed by atoms with van der Waals surface area (Å²) in [5.41, 5.74) is 1.61. The van der Waals surface area contributed by atoms with Gasteiger partial charge < -0.3 is 13.6 Å². The molecule has 0 saturated carbocycles. The van der Waals surface area contributed by atoms with Gasteiger partial charge in [-0.05, 0) is 68.9 Å². The third-order valence-corrected chi connectivity index (χ3v) is 6.12. The molecule has 0 saturated heterocycles. The van der Waals surface area contributed by atoms with Crippen LogP contribution in [0.4, 0.5) is 17.6 Å². The summed E-state index contributed by atoms with van der Waals surface area (Å²) in [6.45, 7) is 10.5. The van der Waals surface area contributed by atoms with Crippen molar-refractivity contribution in [2.45, 2.75) is 86.7 Å². The Bertz CT molecular complexity index is 1400. The predicted octanol–water partition coefficient (Wildman–Crippen LogP) is 9.73. The molecule has 0 aliphatic heterocycles. The Morgan fingerprint density at radius 2 is 1.71 bits per heavy atom. The molecule has 0 radical (unpaired) electrons. The monoisotopic (exact) mass is 576 g/mol. The highest BCUT2D eigenvalue weighted by molar-refractivity contribution is 5.93. The molecule has 41 heavy (non-hydrogen) atoms. The van der Waals surface area contributed by atoms with E-state index in [-0.39, 0.29) is 36.2 Å². The number of aromatic nitrogens is 2. The van der Waals surface area contributed by atoms with Crippen molar-refractivity contribution in [3.8, 4) is 11.1 Å². The van der Waals surface area contributed by atoms with Gasteiger partial charge >= 0.3 is 6.18 Å². The summed E-state index contributed by atoms with van der Waals surface area (Å²) in [7, 11) is 0. The summed E-state index contributed by atoms with van der Waals surface area (Å²) in [6, 6.07) is 9.64. The second kappa shape index (κ2) is 15.9. The zero-order valence-electron chi connectivity index (χ0n) is 23.7. The Morgan fingerprint density at radius 1 is 1.05 bits per heavy atom. The maximum absolute atomic E-state index is 13.4. The number of ketones is 2. The summed E-state index contributed by atoms with van der Waals surface area (Å²) in [6.07, 6.45) is 3.46. The lowest BCUT2D eigenvalue weighted by Gasteiger charge is -2.15. The number of hydrogen-bond donors (Lipinski definition) is 0. The van der Waals surface area contributed by atoms with Gasteiger partial charge in [-0.25, -0.2) is 9.37 Å². The number of hydrogen-bond acceptors (Lipinski definition) is 4. The molecule has 1 aromatic carbocycles. The third kappa shape index (κ3) is 9.69. The number of aryl methyl sites for hydroxylation is 1. The van der Waals surface area contributed by atoms with Crippen LogP contribution in [0.5, 0.6) is 0 Å². The van der Waals surface area contributed by atoms with Crippen molar-refractivity contribution < 1.29 is 31.6 Å². The minimum atomic E-state index is -4.58. The van der Waals surface area contributed by atoms with Gasteiger partial charge in [-0.2, -0.15) is 13.2 Å². The molecule has 1 atom stereocenters. The zero-order valence-corrected chi connectivity index (χ0v) is 23.7. The van der Waals surface area contributed by atoms with Crippen LogP contribution in [0.1, 0.15) is 101 Å². The van der Waals surface area contributed by atoms with Crippen LogP contribution >= 0.6 is 0 Å². The van der Waals surface area contributed by atoms with E-state index >= 15 is 0 Å². The number of Topliss-reactive ketones (excluding diaryl/α,β-unsaturated/α-hetero) is 2. The molecule has 9 heteroatoms. The van der Waals surface area contributed by atoms with Crippen molar-refractivity contribution >= 4 is 17.2 Å². The number of fused-ring (bicyclic) bond motifs is 1. The van der Waals surface area contributed by atoms with Gasteiger partial charge in [0, 0.05) is 29.9 Å². The molecule has 0 N–H and O–H groups in total. The van der Waals surface area contributed by atoms with Gasteiger partial charge in [-0.1, -0.05) is 46.8 Å². The Balaban J connectivity index is 0.000000397. The molecular formula is C32H40F4N2O3. The van der Waals surface area contributed by atoms with Crippen molar-refractivity contribution in [2.24, 2.45) is 0 Å². The van der Waals surface area contributed by atoms with E-state index in [9.17, 15) is 27.2 Å². The third-order valence-electron chi connectivity index (χ3n) is 6.12. The number of rotatable bonds is 7. The Hall–Kier alpha value is -3.75. The summed E-state index contributed by atoms with van der Waals surface area (Å²) < 4.78 is 59.5. The Labute approximate surface area is 239 Å². The maximum Gasteiger partial charge on any atom is 0.420 e. The first-order valence-electron chi connectivity index (χ1n) is 13.2. The van der Waals surface area contributed by atoms with Crippen LogP contribution in [0.25, 0.3) is 16.8 Å². The van der Waals surface area contributed by atoms with E-state index in [1.165, 1.54) is 50.0 Å². The fourth-order valence-electron chi connectivity index (χ4n) is 4.32. The van der Waals surface area contributed by atoms with Crippen LogP contribution in [0, 0.1) is 5.82 Å². The van der Waals surface area contributed by atoms with Crippen molar-refractivity contribution in [1.82, 2.24) is 9.38 Å². The van der Waals surface area contributed by atoms with Gasteiger partial charge in [0.15, 0.2) is 5.78 Å². The predicted molar refractivity (Wildman–Crippen MR) is 155 cm³/mol. The fraction of sp³-hybridized carbons (Fsp3) is 0.406. The van der Waals surface area contributed by atoms with Crippen LogP contribution in [0.2, 0.25) is 0 Å². The van der Waals surface area contributed by atoms with E-state index in [2.05, 4.69) is 18.8 Å². The Morgan fingerprint density at radius 3 is 2.17 bits per heavy atom. The molecule has 4 rings (SSSR count). The minimum absolute atomic E-state index is 0. The van der Waals surface area contributed by atoms with E-state index < -0.39 is 11.7 Å². The van der Waals surface area contributed by atoms with Gasteiger partial charge in [0.2, 0.25) is 0 Å². The second-order valence-corrected chi connectivity index (χ2v) is 9.51. The number of imidazole rings is 1. The topological polar surface area (TPSA) is 64.6 Å². The van der Waals surface area contributed by atoms with E-state index in [1.807, 2.05) is 13.0 Å². The maximum atomic E-state index is 13.4. The zero-order chi connectivity index (χ0) is 30.0. The number of pyridine rings is 1. The van der Waals surface area contributed by atoms with Crippen LogP contribution in [-0.4, -0.2) is 21.0 Å². The molecule has 0 aliphatic rings. The minimum Gasteiger partial charge on any atom is -0.472 e. The first-order valence-corrected chi connectivity index (χ1v) is 13.2. The average Bonchev–Trinajstić information content (AvgIpc) is 3.56. The van der Waals surface area contributed by atoms with Gasteiger partial charge in [-0.15, -0.1) is 0 Å². The van der Waals surface area contributed by atoms with E-state index in [0.29, 0.717) is 29.2 Å². The molecule has 0 spiro atoms. The molecule has 5 nitrogen and oxygen atoms in total. The summed E-state index contributed by atoms with van der Waals surface area (Å²) in [4.78, 5) is 24.8. The molecule has 4 aromatic rings. The summed E-state index contributed by atoms with van der Waals surface area (Å²) in [5, 5.41) is 0. The summed E-state index contributed by atoms with van der Waals surface area (Å²) in [5.74, 6) is 0.196. The van der Waals surface area contributed by atoms with Crippen molar-refractivity contribution in [3.05, 3.63) is 83.5 Å². The largest absolute Gasteiger partial charge is 0.472 e. The number of carbonyl (C=O) groups is 2. The fourth-order valence-corrected chi connectivity index (χ4v) is 4.32. The number of furan rings is 1. The SMILES string of the molecule is C.CC(C)=O.CCCC(CC)c1cccc(F)c1.CCc1c(-c2ccoc2)cc(C(F)(F)F)c2nc(C(C)=O)cn12. The number of nitrogens with zero attached hydrogens (tertiary/aromatic N) is 2. The van der Waals surface area contributed by atoms with Crippen molar-refractivity contribution in [1.29, 1.82) is 0 Å². The highest BCUT2D eigenvalue weighted by Gasteiger charge is 2.36. The molecule has 0 amide bonds. The molecular weight excluding hydrogens is 536 g/mol. The lowest BCUT2D eigenvalue weighted by atomic mass is 9.92. The number of benzene rings is 1.